The molecule has 0 aromatic heterocycles. The van der Waals surface area contributed by atoms with Crippen LogP contribution in [0.25, 0.3) is 6.20 Å². The zero-order valence-electron chi connectivity index (χ0n) is 16.3. The second-order valence-electron chi connectivity index (χ2n) is 7.29. The molecule has 0 radical (unpaired) electrons. The van der Waals surface area contributed by atoms with Crippen molar-refractivity contribution in [1.29, 1.82) is 0 Å². The van der Waals surface area contributed by atoms with Gasteiger partial charge in [-0.3, -0.25) is 0 Å². The fourth-order valence-electron chi connectivity index (χ4n) is 4.04. The number of benzene rings is 3. The summed E-state index contributed by atoms with van der Waals surface area (Å²) in [5.41, 5.74) is 0.692. The minimum atomic E-state index is -1.72. The number of hydrogen-bond donors (Lipinski definition) is 1. The molecule has 0 spiro atoms. The molecule has 0 aliphatic carbocycles. The van der Waals surface area contributed by atoms with Gasteiger partial charge in [0.2, 0.25) is 0 Å². The highest BCUT2D eigenvalue weighted by molar-refractivity contribution is 9.10. The van der Waals surface area contributed by atoms with Crippen LogP contribution in [0, 0.1) is 5.82 Å². The van der Waals surface area contributed by atoms with Crippen LogP contribution in [0.5, 0.6) is 5.75 Å². The van der Waals surface area contributed by atoms with Crippen LogP contribution in [0.15, 0.2) is 63.0 Å². The number of halogens is 3. The van der Waals surface area contributed by atoms with Crippen molar-refractivity contribution in [3.05, 3.63) is 91.1 Å². The number of methoxy groups -OCH3 is 1. The van der Waals surface area contributed by atoms with E-state index in [0.29, 0.717) is 32.8 Å². The van der Waals surface area contributed by atoms with Crippen molar-refractivity contribution in [3.63, 3.8) is 0 Å². The summed E-state index contributed by atoms with van der Waals surface area (Å²) in [7, 11) is 1.61. The van der Waals surface area contributed by atoms with Crippen molar-refractivity contribution in [1.82, 2.24) is 4.90 Å². The van der Waals surface area contributed by atoms with Gasteiger partial charge in [0.15, 0.2) is 5.72 Å². The highest BCUT2D eigenvalue weighted by atomic mass is 79.9. The molecule has 1 atom stereocenters. The zero-order chi connectivity index (χ0) is 21.8. The Labute approximate surface area is 190 Å². The maximum Gasteiger partial charge on any atom is 0.194 e. The van der Waals surface area contributed by atoms with Gasteiger partial charge >= 0.3 is 0 Å². The molecule has 0 saturated heterocycles. The molecule has 2 heterocycles. The minimum absolute atomic E-state index is 0.247. The summed E-state index contributed by atoms with van der Waals surface area (Å²) in [4.78, 5) is 10.4. The molecule has 1 unspecified atom stereocenters. The van der Waals surface area contributed by atoms with Gasteiger partial charge < -0.3 is 14.7 Å². The number of hydrogen-bond acceptors (Lipinski definition) is 5. The van der Waals surface area contributed by atoms with Crippen molar-refractivity contribution in [2.45, 2.75) is 12.3 Å². The lowest BCUT2D eigenvalue weighted by Gasteiger charge is -2.37. The van der Waals surface area contributed by atoms with Crippen molar-refractivity contribution < 1.29 is 14.2 Å². The molecule has 2 aliphatic heterocycles. The second kappa shape index (κ2) is 7.44. The molecular weight excluding hydrogens is 485 g/mol. The van der Waals surface area contributed by atoms with E-state index in [1.165, 1.54) is 24.5 Å². The molecular formula is C23H16BrClFN3O2. The van der Waals surface area contributed by atoms with Crippen LogP contribution in [0.4, 0.5) is 10.1 Å². The maximum atomic E-state index is 14.2. The molecule has 31 heavy (non-hydrogen) atoms. The number of aliphatic imine (C=N–C) groups is 1. The average molecular weight is 501 g/mol. The summed E-state index contributed by atoms with van der Waals surface area (Å²) in [6.45, 7) is 0.337. The Kier molecular flexibility index (Phi) is 4.84. The van der Waals surface area contributed by atoms with E-state index in [4.69, 9.17) is 16.3 Å². The minimum Gasteiger partial charge on any atom is -0.497 e. The van der Waals surface area contributed by atoms with E-state index in [1.54, 1.807) is 18.1 Å². The second-order valence-corrected chi connectivity index (χ2v) is 8.55. The first-order valence-electron chi connectivity index (χ1n) is 9.44. The van der Waals surface area contributed by atoms with Gasteiger partial charge in [-0.25, -0.2) is 14.4 Å². The maximum absolute atomic E-state index is 14.2. The summed E-state index contributed by atoms with van der Waals surface area (Å²) in [5, 5.41) is 13.8. The first-order chi connectivity index (χ1) is 14.9. The predicted molar refractivity (Wildman–Crippen MR) is 120 cm³/mol. The lowest BCUT2D eigenvalue weighted by atomic mass is 9.93. The molecule has 0 saturated carbocycles. The van der Waals surface area contributed by atoms with Gasteiger partial charge in [0.25, 0.3) is 0 Å². The van der Waals surface area contributed by atoms with Gasteiger partial charge in [0.05, 0.1) is 18.2 Å². The summed E-state index contributed by atoms with van der Waals surface area (Å²) in [6, 6.07) is 13.3. The van der Waals surface area contributed by atoms with E-state index >= 15 is 0 Å². The van der Waals surface area contributed by atoms with Gasteiger partial charge in [-0.15, -0.1) is 0 Å². The van der Waals surface area contributed by atoms with Gasteiger partial charge in [0.1, 0.15) is 17.9 Å². The van der Waals surface area contributed by atoms with Crippen LogP contribution in [-0.4, -0.2) is 23.5 Å². The van der Waals surface area contributed by atoms with Crippen LogP contribution in [0.1, 0.15) is 16.7 Å². The highest BCUT2D eigenvalue weighted by Gasteiger charge is 2.45. The number of rotatable bonds is 4. The Morgan fingerprint density at radius 3 is 2.71 bits per heavy atom. The molecule has 8 heteroatoms. The zero-order valence-corrected chi connectivity index (χ0v) is 18.7. The standard InChI is InChI=1S/C23H16BrClFN3O2/c1-31-15-5-2-13(3-6-15)10-29-11-16-21(18(24)9-20-22(16)28-12-27-20)23(29,30)17-8-14(26)4-7-19(17)25/h2-9,11-12,30H,10H2,1H3. The van der Waals surface area contributed by atoms with E-state index in [0.717, 1.165) is 11.3 Å². The number of fused-ring (bicyclic) bond motifs is 3. The van der Waals surface area contributed by atoms with Crippen LogP contribution in [0.2, 0.25) is 5.02 Å². The largest absolute Gasteiger partial charge is 0.497 e. The molecule has 3 aromatic carbocycles. The Balaban J connectivity index is 1.73. The van der Waals surface area contributed by atoms with Crippen molar-refractivity contribution in [2.24, 2.45) is 9.98 Å². The lowest BCUT2D eigenvalue weighted by molar-refractivity contribution is -0.0400. The Morgan fingerprint density at radius 2 is 1.97 bits per heavy atom. The molecule has 3 aromatic rings. The normalized spacial score (nSPS) is 18.4. The topological polar surface area (TPSA) is 57.4 Å². The van der Waals surface area contributed by atoms with Crippen LogP contribution in [-0.2, 0) is 12.3 Å². The molecule has 2 aliphatic rings. The highest BCUT2D eigenvalue weighted by Crippen LogP contribution is 2.43. The molecule has 0 fully saturated rings. The molecule has 156 valence electrons. The van der Waals surface area contributed by atoms with Crippen LogP contribution in [0.3, 0.4) is 0 Å². The summed E-state index contributed by atoms with van der Waals surface area (Å²) < 4.78 is 20.1. The van der Waals surface area contributed by atoms with E-state index in [-0.39, 0.29) is 10.6 Å². The quantitative estimate of drug-likeness (QED) is 0.589. The van der Waals surface area contributed by atoms with Crippen molar-refractivity contribution in [2.75, 3.05) is 7.11 Å². The SMILES string of the molecule is COc1ccc(CN2C=c3c(c(Br)cc4c3=NC=N4)C2(O)c2cc(F)ccc2Cl)cc1. The molecule has 5 rings (SSSR count). The van der Waals surface area contributed by atoms with Gasteiger partial charge in [-0.05, 0) is 42.0 Å². The number of aliphatic hydroxyl groups is 1. The van der Waals surface area contributed by atoms with E-state index in [2.05, 4.69) is 25.9 Å². The van der Waals surface area contributed by atoms with Crippen molar-refractivity contribution >= 4 is 45.8 Å². The lowest BCUT2D eigenvalue weighted by Crippen LogP contribution is -2.42. The number of nitrogens with zero attached hydrogens (tertiary/aromatic N) is 3. The van der Waals surface area contributed by atoms with Gasteiger partial charge in [-0.2, -0.15) is 0 Å². The summed E-state index contributed by atoms with van der Waals surface area (Å²) in [6.07, 6.45) is 3.30. The monoisotopic (exact) mass is 499 g/mol. The molecule has 1 N–H and O–H groups in total. The van der Waals surface area contributed by atoms with E-state index in [9.17, 15) is 9.50 Å². The Bertz CT molecular complexity index is 1360. The summed E-state index contributed by atoms with van der Waals surface area (Å²) >= 11 is 10.0. The first kappa shape index (κ1) is 20.2. The fraction of sp³-hybridized carbons (Fsp3) is 0.130. The van der Waals surface area contributed by atoms with Crippen LogP contribution < -0.4 is 15.3 Å². The van der Waals surface area contributed by atoms with E-state index < -0.39 is 11.5 Å². The fourth-order valence-corrected chi connectivity index (χ4v) is 5.00. The third kappa shape index (κ3) is 3.15. The third-order valence-corrected chi connectivity index (χ3v) is 6.47. The van der Waals surface area contributed by atoms with E-state index in [1.807, 2.05) is 30.5 Å². The third-order valence-electron chi connectivity index (χ3n) is 5.52. The molecule has 0 bridgehead atoms. The Morgan fingerprint density at radius 1 is 1.19 bits per heavy atom. The van der Waals surface area contributed by atoms with Crippen LogP contribution >= 0.6 is 27.5 Å². The molecule has 5 nitrogen and oxygen atoms in total. The smallest absolute Gasteiger partial charge is 0.194 e. The Hall–Kier alpha value is -2.74. The number of ether oxygens (including phenoxy) is 1. The first-order valence-corrected chi connectivity index (χ1v) is 10.6. The summed E-state index contributed by atoms with van der Waals surface area (Å²) in [5.74, 6) is 0.244. The van der Waals surface area contributed by atoms with Crippen molar-refractivity contribution in [3.8, 4) is 5.75 Å². The average Bonchev–Trinajstić information content (AvgIpc) is 3.34. The van der Waals surface area contributed by atoms with Gasteiger partial charge in [0, 0.05) is 38.6 Å². The van der Waals surface area contributed by atoms with Gasteiger partial charge in [-0.1, -0.05) is 39.7 Å². The molecule has 0 amide bonds. The predicted octanol–water partition coefficient (Wildman–Crippen LogP) is 3.99.